The molecule has 0 aliphatic carbocycles. The van der Waals surface area contributed by atoms with Gasteiger partial charge in [-0.15, -0.1) is 11.8 Å². The number of pyridine rings is 1. The molecule has 0 saturated heterocycles. The lowest BCUT2D eigenvalue weighted by Crippen LogP contribution is -2.28. The van der Waals surface area contributed by atoms with Crippen LogP contribution in [0.4, 0.5) is 10.1 Å². The Morgan fingerprint density at radius 1 is 1.10 bits per heavy atom. The summed E-state index contributed by atoms with van der Waals surface area (Å²) in [6, 6.07) is 15.4. The largest absolute Gasteiger partial charge is 0.351 e. The van der Waals surface area contributed by atoms with E-state index in [1.54, 1.807) is 18.0 Å². The number of carbonyl (C=O) groups is 2. The van der Waals surface area contributed by atoms with Crippen LogP contribution in [-0.2, 0) is 10.5 Å². The summed E-state index contributed by atoms with van der Waals surface area (Å²) in [4.78, 5) is 29.4. The molecule has 0 aliphatic heterocycles. The van der Waals surface area contributed by atoms with Crippen LogP contribution in [0.1, 0.15) is 22.3 Å². The van der Waals surface area contributed by atoms with E-state index in [2.05, 4.69) is 31.5 Å². The Balaban J connectivity index is 1.42. The number of benzene rings is 2. The normalized spacial score (nSPS) is 10.5. The molecule has 3 rings (SSSR count). The summed E-state index contributed by atoms with van der Waals surface area (Å²) in [7, 11) is 0. The second kappa shape index (κ2) is 10.9. The summed E-state index contributed by atoms with van der Waals surface area (Å²) < 4.78 is 13.8. The first kappa shape index (κ1) is 22.0. The molecule has 0 aliphatic rings. The van der Waals surface area contributed by atoms with Crippen molar-refractivity contribution in [1.29, 1.82) is 0 Å². The molecule has 1 heterocycles. The van der Waals surface area contributed by atoms with Crippen LogP contribution in [0.2, 0.25) is 0 Å². The van der Waals surface area contributed by atoms with Crippen molar-refractivity contribution < 1.29 is 14.0 Å². The van der Waals surface area contributed by atoms with Crippen molar-refractivity contribution in [2.24, 2.45) is 0 Å². The number of halogens is 2. The van der Waals surface area contributed by atoms with Crippen LogP contribution in [0.5, 0.6) is 0 Å². The van der Waals surface area contributed by atoms with Gasteiger partial charge in [0.1, 0.15) is 5.82 Å². The van der Waals surface area contributed by atoms with Crippen molar-refractivity contribution in [2.45, 2.75) is 17.1 Å². The maximum atomic E-state index is 13.3. The number of amides is 2. The number of hydrogen-bond acceptors (Lipinski definition) is 4. The topological polar surface area (TPSA) is 71.1 Å². The molecule has 0 unspecified atom stereocenters. The van der Waals surface area contributed by atoms with Crippen LogP contribution in [-0.4, -0.2) is 23.3 Å². The molecule has 0 spiro atoms. The zero-order valence-corrected chi connectivity index (χ0v) is 18.3. The highest BCUT2D eigenvalue weighted by Gasteiger charge is 2.11. The maximum Gasteiger partial charge on any atom is 0.252 e. The first-order valence-electron chi connectivity index (χ1n) is 9.16. The monoisotopic (exact) mass is 487 g/mol. The molecule has 5 nitrogen and oxygen atoms in total. The molecule has 8 heteroatoms. The Morgan fingerprint density at radius 3 is 2.63 bits per heavy atom. The van der Waals surface area contributed by atoms with Gasteiger partial charge in [-0.3, -0.25) is 14.6 Å². The van der Waals surface area contributed by atoms with Crippen molar-refractivity contribution in [3.05, 3.63) is 88.4 Å². The molecule has 0 bridgehead atoms. The minimum absolute atomic E-state index is 0.107. The minimum atomic E-state index is -0.497. The lowest BCUT2D eigenvalue weighted by atomic mass is 10.2. The quantitative estimate of drug-likeness (QED) is 0.437. The van der Waals surface area contributed by atoms with Crippen molar-refractivity contribution >= 4 is 45.2 Å². The first-order chi connectivity index (χ1) is 14.5. The molecule has 0 radical (unpaired) electrons. The number of hydrogen-bond donors (Lipinski definition) is 2. The van der Waals surface area contributed by atoms with Gasteiger partial charge in [0.05, 0.1) is 5.56 Å². The van der Waals surface area contributed by atoms with E-state index in [0.29, 0.717) is 10.2 Å². The molecule has 0 saturated carbocycles. The zero-order valence-electron chi connectivity index (χ0n) is 15.9. The van der Waals surface area contributed by atoms with E-state index >= 15 is 0 Å². The molecule has 2 N–H and O–H groups in total. The summed E-state index contributed by atoms with van der Waals surface area (Å²) in [5.74, 6) is -0.336. The predicted octanol–water partition coefficient (Wildman–Crippen LogP) is 5.03. The Morgan fingerprint density at radius 2 is 1.90 bits per heavy atom. The van der Waals surface area contributed by atoms with Gasteiger partial charge >= 0.3 is 0 Å². The standard InChI is InChI=1S/C22H19BrFN3O2S/c23-20-8-3-16(24)12-19(20)22(29)26-11-9-21(28)27-17-4-6-18(7-5-17)30-14-15-2-1-10-25-13-15/h1-8,10,12-13H,9,11,14H2,(H,26,29)(H,27,28). The molecule has 3 aromatic rings. The van der Waals surface area contributed by atoms with E-state index in [9.17, 15) is 14.0 Å². The smallest absolute Gasteiger partial charge is 0.252 e. The fourth-order valence-corrected chi connectivity index (χ4v) is 3.82. The van der Waals surface area contributed by atoms with E-state index in [1.807, 2.05) is 42.6 Å². The van der Waals surface area contributed by atoms with Crippen LogP contribution >= 0.6 is 27.7 Å². The molecule has 1 aromatic heterocycles. The van der Waals surface area contributed by atoms with Gasteiger partial charge in [0.15, 0.2) is 0 Å². The van der Waals surface area contributed by atoms with Crippen molar-refractivity contribution in [2.75, 3.05) is 11.9 Å². The fourth-order valence-electron chi connectivity index (χ4n) is 2.56. The first-order valence-corrected chi connectivity index (χ1v) is 10.9. The number of aromatic nitrogens is 1. The number of rotatable bonds is 8. The Kier molecular flexibility index (Phi) is 7.98. The Bertz CT molecular complexity index is 1020. The van der Waals surface area contributed by atoms with E-state index in [4.69, 9.17) is 0 Å². The van der Waals surface area contributed by atoms with Gasteiger partial charge in [-0.2, -0.15) is 0 Å². The summed E-state index contributed by atoms with van der Waals surface area (Å²) in [5, 5.41) is 5.42. The third kappa shape index (κ3) is 6.67. The Hall–Kier alpha value is -2.71. The molecule has 154 valence electrons. The van der Waals surface area contributed by atoms with Crippen molar-refractivity contribution in [3.8, 4) is 0 Å². The van der Waals surface area contributed by atoms with Crippen LogP contribution in [0.15, 0.2) is 76.4 Å². The number of anilines is 1. The number of nitrogens with zero attached hydrogens (tertiary/aromatic N) is 1. The fraction of sp³-hybridized carbons (Fsp3) is 0.136. The Labute approximate surface area is 186 Å². The molecule has 30 heavy (non-hydrogen) atoms. The minimum Gasteiger partial charge on any atom is -0.351 e. The lowest BCUT2D eigenvalue weighted by Gasteiger charge is -2.09. The number of thioether (sulfide) groups is 1. The van der Waals surface area contributed by atoms with Crippen LogP contribution in [0.25, 0.3) is 0 Å². The van der Waals surface area contributed by atoms with Crippen molar-refractivity contribution in [1.82, 2.24) is 10.3 Å². The predicted molar refractivity (Wildman–Crippen MR) is 120 cm³/mol. The molecular formula is C22H19BrFN3O2S. The highest BCUT2D eigenvalue weighted by molar-refractivity contribution is 9.10. The van der Waals surface area contributed by atoms with Crippen LogP contribution in [0, 0.1) is 5.82 Å². The van der Waals surface area contributed by atoms with E-state index in [1.165, 1.54) is 12.1 Å². The van der Waals surface area contributed by atoms with Gasteiger partial charge in [0.2, 0.25) is 5.91 Å². The van der Waals surface area contributed by atoms with Gasteiger partial charge in [-0.1, -0.05) is 6.07 Å². The summed E-state index contributed by atoms with van der Waals surface area (Å²) in [5.41, 5.74) is 2.02. The molecule has 0 atom stereocenters. The second-order valence-corrected chi connectivity index (χ2v) is 8.26. The van der Waals surface area contributed by atoms with E-state index in [0.717, 1.165) is 22.3 Å². The average molecular weight is 488 g/mol. The van der Waals surface area contributed by atoms with Crippen LogP contribution in [0.3, 0.4) is 0 Å². The van der Waals surface area contributed by atoms with Gasteiger partial charge < -0.3 is 10.6 Å². The van der Waals surface area contributed by atoms with Gasteiger partial charge in [-0.05, 0) is 70.0 Å². The number of carbonyl (C=O) groups excluding carboxylic acids is 2. The SMILES string of the molecule is O=C(CCNC(=O)c1cc(F)ccc1Br)Nc1ccc(SCc2cccnc2)cc1. The zero-order chi connectivity index (χ0) is 21.3. The van der Waals surface area contributed by atoms with E-state index in [-0.39, 0.29) is 24.4 Å². The average Bonchev–Trinajstić information content (AvgIpc) is 2.75. The summed E-state index contributed by atoms with van der Waals surface area (Å²) in [6.07, 6.45) is 3.70. The molecule has 2 amide bonds. The summed E-state index contributed by atoms with van der Waals surface area (Å²) in [6.45, 7) is 0.146. The molecule has 2 aromatic carbocycles. The van der Waals surface area contributed by atoms with Gasteiger partial charge in [-0.25, -0.2) is 4.39 Å². The molecule has 0 fully saturated rings. The van der Waals surface area contributed by atoms with Gasteiger partial charge in [0.25, 0.3) is 5.91 Å². The highest BCUT2D eigenvalue weighted by Crippen LogP contribution is 2.24. The summed E-state index contributed by atoms with van der Waals surface area (Å²) >= 11 is 4.90. The third-order valence-electron chi connectivity index (χ3n) is 4.08. The maximum absolute atomic E-state index is 13.3. The van der Waals surface area contributed by atoms with E-state index < -0.39 is 11.7 Å². The van der Waals surface area contributed by atoms with Gasteiger partial charge in [0, 0.05) is 46.2 Å². The second-order valence-electron chi connectivity index (χ2n) is 6.35. The lowest BCUT2D eigenvalue weighted by molar-refractivity contribution is -0.116. The molecular weight excluding hydrogens is 469 g/mol. The third-order valence-corrected chi connectivity index (χ3v) is 5.85. The van der Waals surface area contributed by atoms with Crippen molar-refractivity contribution in [3.63, 3.8) is 0 Å². The highest BCUT2D eigenvalue weighted by atomic mass is 79.9. The van der Waals surface area contributed by atoms with Crippen LogP contribution < -0.4 is 10.6 Å². The number of nitrogens with one attached hydrogen (secondary N) is 2.